The highest BCUT2D eigenvalue weighted by Gasteiger charge is 2.11. The van der Waals surface area contributed by atoms with Crippen LogP contribution in [0.3, 0.4) is 0 Å². The summed E-state index contributed by atoms with van der Waals surface area (Å²) in [7, 11) is 0. The molecule has 0 aliphatic heterocycles. The average molecular weight is 385 g/mol. The molecule has 1 heterocycles. The molecule has 144 valence electrons. The van der Waals surface area contributed by atoms with E-state index in [4.69, 9.17) is 4.74 Å². The molecule has 0 aliphatic carbocycles. The van der Waals surface area contributed by atoms with Gasteiger partial charge in [0.25, 0.3) is 5.56 Å². The Morgan fingerprint density at radius 3 is 2.34 bits per heavy atom. The van der Waals surface area contributed by atoms with Gasteiger partial charge in [-0.25, -0.2) is 4.98 Å². The normalized spacial score (nSPS) is 10.7. The summed E-state index contributed by atoms with van der Waals surface area (Å²) in [5, 5.41) is 3.30. The number of hydrogen-bond acceptors (Lipinski definition) is 4. The van der Waals surface area contributed by atoms with Gasteiger partial charge in [-0.15, -0.1) is 0 Å². The minimum absolute atomic E-state index is 0.106. The average Bonchev–Trinajstić information content (AvgIpc) is 2.73. The molecule has 1 aromatic heterocycles. The highest BCUT2D eigenvalue weighted by atomic mass is 16.5. The quantitative estimate of drug-likeness (QED) is 0.560. The molecule has 0 bridgehead atoms. The second kappa shape index (κ2) is 7.98. The Morgan fingerprint density at radius 1 is 0.931 bits per heavy atom. The van der Waals surface area contributed by atoms with Gasteiger partial charge in [0.05, 0.1) is 10.9 Å². The largest absolute Gasteiger partial charge is 0.457 e. The third kappa shape index (κ3) is 4.16. The lowest BCUT2D eigenvalue weighted by atomic mass is 10.2. The van der Waals surface area contributed by atoms with Crippen molar-refractivity contribution in [2.45, 2.75) is 13.5 Å². The van der Waals surface area contributed by atoms with Crippen molar-refractivity contribution in [3.63, 3.8) is 0 Å². The lowest BCUT2D eigenvalue weighted by molar-refractivity contribution is -0.116. The summed E-state index contributed by atoms with van der Waals surface area (Å²) in [5.74, 6) is 1.60. The van der Waals surface area contributed by atoms with Gasteiger partial charge < -0.3 is 10.1 Å². The van der Waals surface area contributed by atoms with E-state index in [-0.39, 0.29) is 18.0 Å². The third-order valence-electron chi connectivity index (χ3n) is 4.47. The van der Waals surface area contributed by atoms with E-state index in [1.807, 2.05) is 36.4 Å². The van der Waals surface area contributed by atoms with E-state index in [0.717, 1.165) is 5.75 Å². The Balaban J connectivity index is 1.46. The second-order valence-electron chi connectivity index (χ2n) is 6.56. The molecule has 0 spiro atoms. The molecule has 0 saturated heterocycles. The first kappa shape index (κ1) is 18.4. The smallest absolute Gasteiger partial charge is 0.261 e. The van der Waals surface area contributed by atoms with Crippen LogP contribution in [-0.2, 0) is 11.3 Å². The number of carbonyl (C=O) groups is 1. The minimum Gasteiger partial charge on any atom is -0.457 e. The Bertz CT molecular complexity index is 1220. The van der Waals surface area contributed by atoms with Crippen molar-refractivity contribution >= 4 is 22.5 Å². The van der Waals surface area contributed by atoms with Crippen LogP contribution in [0, 0.1) is 6.92 Å². The van der Waals surface area contributed by atoms with Crippen LogP contribution >= 0.6 is 0 Å². The fraction of sp³-hybridized carbons (Fsp3) is 0.0870. The van der Waals surface area contributed by atoms with Crippen LogP contribution in [-0.4, -0.2) is 15.5 Å². The van der Waals surface area contributed by atoms with Gasteiger partial charge in [0.2, 0.25) is 5.91 Å². The molecule has 0 radical (unpaired) electrons. The summed E-state index contributed by atoms with van der Waals surface area (Å²) in [4.78, 5) is 29.6. The van der Waals surface area contributed by atoms with E-state index in [1.165, 1.54) is 4.57 Å². The van der Waals surface area contributed by atoms with E-state index >= 15 is 0 Å². The minimum atomic E-state index is -0.302. The summed E-state index contributed by atoms with van der Waals surface area (Å²) < 4.78 is 7.12. The maximum Gasteiger partial charge on any atom is 0.261 e. The first-order valence-corrected chi connectivity index (χ1v) is 9.19. The molecule has 29 heavy (non-hydrogen) atoms. The molecule has 4 rings (SSSR count). The highest BCUT2D eigenvalue weighted by Crippen LogP contribution is 2.22. The molecule has 0 saturated carbocycles. The zero-order valence-electron chi connectivity index (χ0n) is 15.8. The zero-order chi connectivity index (χ0) is 20.2. The monoisotopic (exact) mass is 385 g/mol. The predicted octanol–water partition coefficient (Wildman–Crippen LogP) is 4.14. The van der Waals surface area contributed by atoms with E-state index in [1.54, 1.807) is 49.4 Å². The third-order valence-corrected chi connectivity index (χ3v) is 4.47. The molecule has 6 heteroatoms. The fourth-order valence-electron chi connectivity index (χ4n) is 3.04. The number of ether oxygens (including phenoxy) is 1. The first-order chi connectivity index (χ1) is 14.1. The van der Waals surface area contributed by atoms with E-state index < -0.39 is 0 Å². The SMILES string of the molecule is Cc1nc2ccccc2c(=O)n1CC(=O)Nc1ccc(Oc2ccccc2)cc1. The van der Waals surface area contributed by atoms with E-state index in [2.05, 4.69) is 10.3 Å². The molecule has 0 atom stereocenters. The summed E-state index contributed by atoms with van der Waals surface area (Å²) >= 11 is 0. The number of anilines is 1. The van der Waals surface area contributed by atoms with Crippen LogP contribution in [0.5, 0.6) is 11.5 Å². The molecule has 1 amide bonds. The summed E-state index contributed by atoms with van der Waals surface area (Å²) in [6.45, 7) is 1.61. The van der Waals surface area contributed by atoms with Crippen molar-refractivity contribution in [1.82, 2.24) is 9.55 Å². The van der Waals surface area contributed by atoms with Crippen LogP contribution in [0.2, 0.25) is 0 Å². The number of aryl methyl sites for hydroxylation is 1. The van der Waals surface area contributed by atoms with Crippen LogP contribution in [0.15, 0.2) is 83.7 Å². The highest BCUT2D eigenvalue weighted by molar-refractivity contribution is 5.90. The lowest BCUT2D eigenvalue weighted by Crippen LogP contribution is -2.30. The van der Waals surface area contributed by atoms with Gasteiger partial charge in [-0.3, -0.25) is 14.2 Å². The number of nitrogens with one attached hydrogen (secondary N) is 1. The molecule has 1 N–H and O–H groups in total. The number of benzene rings is 3. The zero-order valence-corrected chi connectivity index (χ0v) is 15.8. The molecule has 0 unspecified atom stereocenters. The lowest BCUT2D eigenvalue weighted by Gasteiger charge is -2.11. The molecular weight excluding hydrogens is 366 g/mol. The van der Waals surface area contributed by atoms with Crippen molar-refractivity contribution in [3.05, 3.63) is 95.0 Å². The van der Waals surface area contributed by atoms with Gasteiger partial charge in [0.15, 0.2) is 0 Å². The summed E-state index contributed by atoms with van der Waals surface area (Å²) in [6.07, 6.45) is 0. The van der Waals surface area contributed by atoms with Gasteiger partial charge in [-0.1, -0.05) is 30.3 Å². The van der Waals surface area contributed by atoms with Crippen LogP contribution < -0.4 is 15.6 Å². The van der Waals surface area contributed by atoms with Crippen molar-refractivity contribution < 1.29 is 9.53 Å². The van der Waals surface area contributed by atoms with Gasteiger partial charge in [-0.2, -0.15) is 0 Å². The van der Waals surface area contributed by atoms with Crippen molar-refractivity contribution in [1.29, 1.82) is 0 Å². The molecular formula is C23H19N3O3. The standard InChI is InChI=1S/C23H19N3O3/c1-16-24-21-10-6-5-9-20(21)23(28)26(16)15-22(27)25-17-11-13-19(14-12-17)29-18-7-3-2-4-8-18/h2-14H,15H2,1H3,(H,25,27). The van der Waals surface area contributed by atoms with Gasteiger partial charge >= 0.3 is 0 Å². The van der Waals surface area contributed by atoms with Gasteiger partial charge in [0.1, 0.15) is 23.9 Å². The molecule has 3 aromatic carbocycles. The molecule has 4 aromatic rings. The Hall–Kier alpha value is -3.93. The maximum atomic E-state index is 12.7. The summed E-state index contributed by atoms with van der Waals surface area (Å²) in [5.41, 5.74) is 1.02. The summed E-state index contributed by atoms with van der Waals surface area (Å²) in [6, 6.07) is 23.6. The Labute approximate surface area is 167 Å². The number of fused-ring (bicyclic) bond motifs is 1. The number of nitrogens with zero attached hydrogens (tertiary/aromatic N) is 2. The predicted molar refractivity (Wildman–Crippen MR) is 112 cm³/mol. The van der Waals surface area contributed by atoms with E-state index in [9.17, 15) is 9.59 Å². The topological polar surface area (TPSA) is 73.2 Å². The number of carbonyl (C=O) groups excluding carboxylic acids is 1. The van der Waals surface area contributed by atoms with Crippen LogP contribution in [0.4, 0.5) is 5.69 Å². The van der Waals surface area contributed by atoms with E-state index in [0.29, 0.717) is 28.2 Å². The number of para-hydroxylation sites is 2. The molecule has 0 aliphatic rings. The van der Waals surface area contributed by atoms with Crippen molar-refractivity contribution in [2.75, 3.05) is 5.32 Å². The number of aromatic nitrogens is 2. The van der Waals surface area contributed by atoms with Gasteiger partial charge in [-0.05, 0) is 55.5 Å². The Morgan fingerprint density at radius 2 is 1.59 bits per heavy atom. The fourth-order valence-corrected chi connectivity index (χ4v) is 3.04. The van der Waals surface area contributed by atoms with Crippen molar-refractivity contribution in [2.24, 2.45) is 0 Å². The molecule has 6 nitrogen and oxygen atoms in total. The number of rotatable bonds is 5. The first-order valence-electron chi connectivity index (χ1n) is 9.19. The molecule has 0 fully saturated rings. The van der Waals surface area contributed by atoms with Gasteiger partial charge in [0, 0.05) is 5.69 Å². The number of hydrogen-bond donors (Lipinski definition) is 1. The van der Waals surface area contributed by atoms with Crippen LogP contribution in [0.25, 0.3) is 10.9 Å². The maximum absolute atomic E-state index is 12.7. The Kier molecular flexibility index (Phi) is 5.07. The number of amides is 1. The second-order valence-corrected chi connectivity index (χ2v) is 6.56. The van der Waals surface area contributed by atoms with Crippen LogP contribution in [0.1, 0.15) is 5.82 Å². The van der Waals surface area contributed by atoms with Crippen molar-refractivity contribution in [3.8, 4) is 11.5 Å².